The normalized spacial score (nSPS) is 11.2. The highest BCUT2D eigenvalue weighted by Crippen LogP contribution is 2.14. The Bertz CT molecular complexity index is 263. The second-order valence-electron chi connectivity index (χ2n) is 3.67. The molecule has 0 saturated carbocycles. The molecule has 0 fully saturated rings. The van der Waals surface area contributed by atoms with Crippen molar-refractivity contribution in [3.05, 3.63) is 17.7 Å². The molecule has 3 heteroatoms. The lowest BCUT2D eigenvalue weighted by Gasteiger charge is -2.07. The number of hydrogen-bond donors (Lipinski definition) is 1. The van der Waals surface area contributed by atoms with E-state index in [4.69, 9.17) is 0 Å². The van der Waals surface area contributed by atoms with E-state index >= 15 is 0 Å². The van der Waals surface area contributed by atoms with E-state index in [1.807, 2.05) is 13.2 Å². The van der Waals surface area contributed by atoms with Crippen molar-refractivity contribution in [2.45, 2.75) is 26.2 Å². The minimum Gasteiger partial charge on any atom is -0.335 e. The molecule has 0 aliphatic carbocycles. The maximum atomic E-state index is 4.40. The van der Waals surface area contributed by atoms with E-state index in [0.717, 1.165) is 18.8 Å². The van der Waals surface area contributed by atoms with E-state index in [1.54, 1.807) is 0 Å². The number of aromatic nitrogens is 2. The molecule has 74 valence electrons. The average Bonchev–Trinajstić information content (AvgIpc) is 2.43. The van der Waals surface area contributed by atoms with Crippen molar-refractivity contribution in [3.63, 3.8) is 0 Å². The summed E-state index contributed by atoms with van der Waals surface area (Å²) in [5, 5.41) is 3.13. The van der Waals surface area contributed by atoms with Crippen molar-refractivity contribution in [1.29, 1.82) is 0 Å². The Hall–Kier alpha value is -0.830. The Morgan fingerprint density at radius 3 is 2.69 bits per heavy atom. The quantitative estimate of drug-likeness (QED) is 0.759. The third-order valence-electron chi connectivity index (χ3n) is 2.31. The van der Waals surface area contributed by atoms with Crippen molar-refractivity contribution in [1.82, 2.24) is 14.9 Å². The first-order valence-corrected chi connectivity index (χ1v) is 4.82. The van der Waals surface area contributed by atoms with Crippen LogP contribution in [0.25, 0.3) is 0 Å². The van der Waals surface area contributed by atoms with Crippen LogP contribution >= 0.6 is 0 Å². The molecule has 0 bridgehead atoms. The maximum Gasteiger partial charge on any atom is 0.109 e. The molecule has 0 amide bonds. The summed E-state index contributed by atoms with van der Waals surface area (Å²) >= 11 is 0. The lowest BCUT2D eigenvalue weighted by Crippen LogP contribution is -2.13. The molecule has 1 rings (SSSR count). The smallest absolute Gasteiger partial charge is 0.109 e. The standard InChI is InChI=1S/C10H19N3/c1-8(2)9-7-12-10(13(9)4)5-6-11-3/h7-8,11H,5-6H2,1-4H3. The first kappa shape index (κ1) is 10.3. The predicted molar refractivity (Wildman–Crippen MR) is 54.9 cm³/mol. The van der Waals surface area contributed by atoms with Gasteiger partial charge in [0.1, 0.15) is 5.82 Å². The van der Waals surface area contributed by atoms with Gasteiger partial charge in [-0.1, -0.05) is 13.8 Å². The lowest BCUT2D eigenvalue weighted by atomic mass is 10.1. The van der Waals surface area contributed by atoms with E-state index in [2.05, 4.69) is 35.8 Å². The highest BCUT2D eigenvalue weighted by molar-refractivity contribution is 5.09. The van der Waals surface area contributed by atoms with Crippen LogP contribution in [-0.2, 0) is 13.5 Å². The number of nitrogens with zero attached hydrogens (tertiary/aromatic N) is 2. The van der Waals surface area contributed by atoms with Gasteiger partial charge in [0.05, 0.1) is 0 Å². The molecule has 0 radical (unpaired) electrons. The number of hydrogen-bond acceptors (Lipinski definition) is 2. The monoisotopic (exact) mass is 181 g/mol. The number of nitrogens with one attached hydrogen (secondary N) is 1. The van der Waals surface area contributed by atoms with Crippen molar-refractivity contribution in [3.8, 4) is 0 Å². The Morgan fingerprint density at radius 1 is 1.54 bits per heavy atom. The van der Waals surface area contributed by atoms with Crippen LogP contribution in [0.3, 0.4) is 0 Å². The van der Waals surface area contributed by atoms with Gasteiger partial charge in [-0.25, -0.2) is 4.98 Å². The van der Waals surface area contributed by atoms with Gasteiger partial charge >= 0.3 is 0 Å². The van der Waals surface area contributed by atoms with E-state index < -0.39 is 0 Å². The minimum atomic E-state index is 0.556. The van der Waals surface area contributed by atoms with Crippen molar-refractivity contribution in [2.24, 2.45) is 7.05 Å². The molecule has 0 atom stereocenters. The zero-order valence-electron chi connectivity index (χ0n) is 8.96. The fraction of sp³-hybridized carbons (Fsp3) is 0.700. The summed E-state index contributed by atoms with van der Waals surface area (Å²) in [4.78, 5) is 4.40. The second kappa shape index (κ2) is 4.42. The van der Waals surface area contributed by atoms with Crippen LogP contribution in [0.2, 0.25) is 0 Å². The summed E-state index contributed by atoms with van der Waals surface area (Å²) in [6.07, 6.45) is 2.98. The number of likely N-dealkylation sites (N-methyl/N-ethyl adjacent to an activating group) is 1. The number of imidazole rings is 1. The molecule has 0 aromatic carbocycles. The molecule has 1 aromatic rings. The third-order valence-corrected chi connectivity index (χ3v) is 2.31. The summed E-state index contributed by atoms with van der Waals surface area (Å²) in [5.74, 6) is 1.72. The van der Waals surface area contributed by atoms with Crippen molar-refractivity contribution < 1.29 is 0 Å². The Kier molecular flexibility index (Phi) is 3.48. The summed E-state index contributed by atoms with van der Waals surface area (Å²) in [6, 6.07) is 0. The largest absolute Gasteiger partial charge is 0.335 e. The molecule has 0 unspecified atom stereocenters. The van der Waals surface area contributed by atoms with Crippen LogP contribution in [0.1, 0.15) is 31.3 Å². The fourth-order valence-corrected chi connectivity index (χ4v) is 1.47. The minimum absolute atomic E-state index is 0.556. The Balaban J connectivity index is 2.74. The average molecular weight is 181 g/mol. The van der Waals surface area contributed by atoms with Gasteiger partial charge in [0.25, 0.3) is 0 Å². The first-order chi connectivity index (χ1) is 6.16. The molecular formula is C10H19N3. The van der Waals surface area contributed by atoms with E-state index in [0.29, 0.717) is 5.92 Å². The molecule has 3 nitrogen and oxygen atoms in total. The highest BCUT2D eigenvalue weighted by Gasteiger charge is 2.08. The van der Waals surface area contributed by atoms with Gasteiger partial charge in [0.2, 0.25) is 0 Å². The highest BCUT2D eigenvalue weighted by atomic mass is 15.1. The Labute approximate surface area is 80.2 Å². The summed E-state index contributed by atoms with van der Waals surface area (Å²) in [7, 11) is 4.06. The SMILES string of the molecule is CNCCc1ncc(C(C)C)n1C. The van der Waals surface area contributed by atoms with Gasteiger partial charge in [-0.05, 0) is 13.0 Å². The van der Waals surface area contributed by atoms with Crippen LogP contribution in [0.5, 0.6) is 0 Å². The molecule has 0 aliphatic heterocycles. The van der Waals surface area contributed by atoms with Gasteiger partial charge in [0, 0.05) is 31.9 Å². The molecular weight excluding hydrogens is 162 g/mol. The van der Waals surface area contributed by atoms with Gasteiger partial charge in [-0.15, -0.1) is 0 Å². The first-order valence-electron chi connectivity index (χ1n) is 4.82. The Morgan fingerprint density at radius 2 is 2.23 bits per heavy atom. The van der Waals surface area contributed by atoms with Crippen LogP contribution in [0.15, 0.2) is 6.20 Å². The molecule has 1 aromatic heterocycles. The van der Waals surface area contributed by atoms with E-state index in [1.165, 1.54) is 5.69 Å². The fourth-order valence-electron chi connectivity index (χ4n) is 1.47. The van der Waals surface area contributed by atoms with Gasteiger partial charge in [-0.2, -0.15) is 0 Å². The molecule has 1 heterocycles. The predicted octanol–water partition coefficient (Wildman–Crippen LogP) is 1.31. The third kappa shape index (κ3) is 2.31. The van der Waals surface area contributed by atoms with Crippen molar-refractivity contribution in [2.75, 3.05) is 13.6 Å². The van der Waals surface area contributed by atoms with Gasteiger partial charge < -0.3 is 9.88 Å². The van der Waals surface area contributed by atoms with E-state index in [9.17, 15) is 0 Å². The summed E-state index contributed by atoms with van der Waals surface area (Å²) < 4.78 is 2.20. The summed E-state index contributed by atoms with van der Waals surface area (Å²) in [6.45, 7) is 5.38. The molecule has 1 N–H and O–H groups in total. The van der Waals surface area contributed by atoms with Crippen LogP contribution in [-0.4, -0.2) is 23.1 Å². The summed E-state index contributed by atoms with van der Waals surface area (Å²) in [5.41, 5.74) is 1.31. The van der Waals surface area contributed by atoms with Crippen LogP contribution < -0.4 is 5.32 Å². The van der Waals surface area contributed by atoms with Crippen molar-refractivity contribution >= 4 is 0 Å². The number of rotatable bonds is 4. The second-order valence-corrected chi connectivity index (χ2v) is 3.67. The zero-order chi connectivity index (χ0) is 9.84. The molecule has 0 spiro atoms. The maximum absolute atomic E-state index is 4.40. The van der Waals surface area contributed by atoms with Crippen LogP contribution in [0, 0.1) is 0 Å². The zero-order valence-corrected chi connectivity index (χ0v) is 8.96. The molecule has 0 aliphatic rings. The molecule has 0 saturated heterocycles. The van der Waals surface area contributed by atoms with Gasteiger partial charge in [0.15, 0.2) is 0 Å². The lowest BCUT2D eigenvalue weighted by molar-refractivity contribution is 0.677. The van der Waals surface area contributed by atoms with E-state index in [-0.39, 0.29) is 0 Å². The van der Waals surface area contributed by atoms with Crippen LogP contribution in [0.4, 0.5) is 0 Å². The van der Waals surface area contributed by atoms with Gasteiger partial charge in [-0.3, -0.25) is 0 Å². The molecule has 13 heavy (non-hydrogen) atoms. The topological polar surface area (TPSA) is 29.9 Å².